The lowest BCUT2D eigenvalue weighted by Crippen LogP contribution is -2.02. The van der Waals surface area contributed by atoms with Crippen molar-refractivity contribution in [3.8, 4) is 0 Å². The molecule has 0 atom stereocenters. The molecule has 5 aromatic rings. The van der Waals surface area contributed by atoms with Gasteiger partial charge in [0.15, 0.2) is 0 Å². The summed E-state index contributed by atoms with van der Waals surface area (Å²) in [5.74, 6) is 4.56. The van der Waals surface area contributed by atoms with Gasteiger partial charge in [0.25, 0.3) is 0 Å². The van der Waals surface area contributed by atoms with Crippen molar-refractivity contribution in [2.24, 2.45) is 24.8 Å². The fraction of sp³-hybridized carbons (Fsp3) is 0.561. The van der Waals surface area contributed by atoms with Crippen molar-refractivity contribution >= 4 is 22.1 Å². The van der Waals surface area contributed by atoms with Crippen LogP contribution in [-0.4, -0.2) is 29.5 Å². The van der Waals surface area contributed by atoms with Crippen molar-refractivity contribution in [1.29, 1.82) is 0 Å². The zero-order valence-corrected chi connectivity index (χ0v) is 31.6. The number of aryl methyl sites for hydroxylation is 2. The molecule has 0 fully saturated rings. The van der Waals surface area contributed by atoms with Crippen LogP contribution in [0.2, 0.25) is 0 Å². The van der Waals surface area contributed by atoms with Crippen LogP contribution in [0.15, 0.2) is 48.7 Å². The Hall–Kier alpha value is -3.54. The van der Waals surface area contributed by atoms with Crippen LogP contribution in [0.3, 0.4) is 0 Å². The molecule has 5 aromatic heterocycles. The van der Waals surface area contributed by atoms with Crippen molar-refractivity contribution < 1.29 is 0 Å². The summed E-state index contributed by atoms with van der Waals surface area (Å²) in [5, 5.41) is 0. The summed E-state index contributed by atoms with van der Waals surface area (Å²) in [6.07, 6.45) is 6.25. The van der Waals surface area contributed by atoms with Gasteiger partial charge in [-0.15, -0.1) is 0 Å². The topological polar surface area (TPSA) is 72.3 Å². The molecule has 0 radical (unpaired) electrons. The second-order valence-corrected chi connectivity index (χ2v) is 15.3. The number of nitrogens with one attached hydrogen (secondary N) is 1. The Labute approximate surface area is 285 Å². The van der Waals surface area contributed by atoms with E-state index in [-0.39, 0.29) is 0 Å². The van der Waals surface area contributed by atoms with Gasteiger partial charge in [-0.3, -0.25) is 9.97 Å². The third-order valence-electron chi connectivity index (χ3n) is 8.26. The summed E-state index contributed by atoms with van der Waals surface area (Å²) in [6.45, 7) is 26.5. The molecular weight excluding hydrogens is 576 g/mol. The first-order chi connectivity index (χ1) is 22.1. The summed E-state index contributed by atoms with van der Waals surface area (Å²) in [7, 11) is 2.14. The second-order valence-electron chi connectivity index (χ2n) is 15.3. The average molecular weight is 639 g/mol. The third kappa shape index (κ3) is 11.6. The average Bonchev–Trinajstić information content (AvgIpc) is 3.54. The standard InChI is InChI=1S/C15H22N2.C14H20N2.C12H20N2/c1-10(2)8-12-9-14-15(17(12)5)7-6-13(16-14)11(3)4;1-9(2)7-11-8-14-13(15-11)6-5-12(16-14)10(3)4;1-9(2)5-6-12-13-8-7-11(14-12)10(3)4/h6-7,9-11H,8H2,1-5H3;5-6,8-10,15H,7H2,1-4H3;7-10H,5-6H2,1-4H3. The normalized spacial score (nSPS) is 11.7. The maximum absolute atomic E-state index is 4.74. The molecule has 256 valence electrons. The Morgan fingerprint density at radius 3 is 1.77 bits per heavy atom. The number of fused-ring (bicyclic) bond motifs is 2. The highest BCUT2D eigenvalue weighted by molar-refractivity contribution is 5.77. The van der Waals surface area contributed by atoms with E-state index in [0.29, 0.717) is 29.6 Å². The molecule has 0 bridgehead atoms. The Morgan fingerprint density at radius 1 is 0.617 bits per heavy atom. The van der Waals surface area contributed by atoms with E-state index >= 15 is 0 Å². The van der Waals surface area contributed by atoms with Gasteiger partial charge in [-0.1, -0.05) is 83.1 Å². The Bertz CT molecular complexity index is 1670. The molecule has 47 heavy (non-hydrogen) atoms. The van der Waals surface area contributed by atoms with Gasteiger partial charge in [-0.25, -0.2) is 9.97 Å². The molecule has 0 amide bonds. The van der Waals surface area contributed by atoms with Crippen LogP contribution in [0.25, 0.3) is 22.1 Å². The summed E-state index contributed by atoms with van der Waals surface area (Å²) < 4.78 is 2.27. The minimum atomic E-state index is 0.493. The summed E-state index contributed by atoms with van der Waals surface area (Å²) in [5.41, 5.74) is 10.8. The third-order valence-corrected chi connectivity index (χ3v) is 8.26. The van der Waals surface area contributed by atoms with Crippen LogP contribution in [-0.2, 0) is 26.3 Å². The highest BCUT2D eigenvalue weighted by Gasteiger charge is 2.11. The first-order valence-electron chi connectivity index (χ1n) is 17.9. The number of aromatic amines is 1. The zero-order chi connectivity index (χ0) is 34.8. The van der Waals surface area contributed by atoms with E-state index in [4.69, 9.17) is 4.98 Å². The summed E-state index contributed by atoms with van der Waals surface area (Å²) in [6, 6.07) is 15.0. The Balaban J connectivity index is 0.000000193. The van der Waals surface area contributed by atoms with Crippen LogP contribution in [0, 0.1) is 17.8 Å². The van der Waals surface area contributed by atoms with E-state index < -0.39 is 0 Å². The summed E-state index contributed by atoms with van der Waals surface area (Å²) in [4.78, 5) is 21.7. The predicted octanol–water partition coefficient (Wildman–Crippen LogP) is 11.0. The predicted molar refractivity (Wildman–Crippen MR) is 201 cm³/mol. The molecular formula is C41H62N6. The SMILES string of the molecule is CC(C)CCc1nccc(C(C)C)n1.CC(C)Cc1cc2nc(C(C)C)ccc2[nH]1.CC(C)Cc1cc2nc(C(C)C)ccc2n1C. The molecule has 0 aliphatic rings. The molecule has 0 saturated heterocycles. The fourth-order valence-electron chi connectivity index (χ4n) is 5.44. The van der Waals surface area contributed by atoms with Crippen LogP contribution in [0.5, 0.6) is 0 Å². The molecule has 0 aliphatic carbocycles. The van der Waals surface area contributed by atoms with E-state index in [1.807, 2.05) is 12.3 Å². The minimum absolute atomic E-state index is 0.493. The fourth-order valence-corrected chi connectivity index (χ4v) is 5.44. The van der Waals surface area contributed by atoms with Crippen LogP contribution >= 0.6 is 0 Å². The van der Waals surface area contributed by atoms with Gasteiger partial charge < -0.3 is 9.55 Å². The van der Waals surface area contributed by atoms with Gasteiger partial charge >= 0.3 is 0 Å². The first kappa shape index (κ1) is 37.9. The van der Waals surface area contributed by atoms with Gasteiger partial charge in [0.2, 0.25) is 0 Å². The molecule has 1 N–H and O–H groups in total. The molecule has 0 aliphatic heterocycles. The number of aromatic nitrogens is 6. The van der Waals surface area contributed by atoms with E-state index in [1.165, 1.54) is 34.7 Å². The Morgan fingerprint density at radius 2 is 1.19 bits per heavy atom. The molecule has 6 nitrogen and oxygen atoms in total. The lowest BCUT2D eigenvalue weighted by atomic mass is 10.1. The number of nitrogens with zero attached hydrogens (tertiary/aromatic N) is 5. The lowest BCUT2D eigenvalue weighted by molar-refractivity contribution is 0.572. The maximum Gasteiger partial charge on any atom is 0.128 e. The second kappa shape index (κ2) is 17.6. The summed E-state index contributed by atoms with van der Waals surface area (Å²) >= 11 is 0. The molecule has 5 heterocycles. The number of pyridine rings is 2. The number of H-pyrrole nitrogens is 1. The number of hydrogen-bond donors (Lipinski definition) is 1. The lowest BCUT2D eigenvalue weighted by Gasteiger charge is -2.07. The van der Waals surface area contributed by atoms with E-state index in [1.54, 1.807) is 0 Å². The molecule has 0 saturated carbocycles. The smallest absolute Gasteiger partial charge is 0.128 e. The highest BCUT2D eigenvalue weighted by Crippen LogP contribution is 2.23. The monoisotopic (exact) mass is 639 g/mol. The minimum Gasteiger partial charge on any atom is -0.357 e. The molecule has 6 heteroatoms. The van der Waals surface area contributed by atoms with Crippen LogP contribution in [0.4, 0.5) is 0 Å². The van der Waals surface area contributed by atoms with Crippen molar-refractivity contribution in [2.45, 2.75) is 127 Å². The van der Waals surface area contributed by atoms with Crippen molar-refractivity contribution in [1.82, 2.24) is 29.5 Å². The van der Waals surface area contributed by atoms with Gasteiger partial charge in [0.05, 0.1) is 22.1 Å². The maximum atomic E-state index is 4.74. The quantitative estimate of drug-likeness (QED) is 0.165. The van der Waals surface area contributed by atoms with Crippen LogP contribution < -0.4 is 0 Å². The van der Waals surface area contributed by atoms with E-state index in [2.05, 4.69) is 151 Å². The van der Waals surface area contributed by atoms with Crippen molar-refractivity contribution in [2.75, 3.05) is 0 Å². The van der Waals surface area contributed by atoms with Gasteiger partial charge in [-0.2, -0.15) is 0 Å². The van der Waals surface area contributed by atoms with Gasteiger partial charge in [0.1, 0.15) is 5.82 Å². The van der Waals surface area contributed by atoms with Crippen molar-refractivity contribution in [3.05, 3.63) is 83.0 Å². The highest BCUT2D eigenvalue weighted by atomic mass is 15.0. The number of hydrogen-bond acceptors (Lipinski definition) is 4. The van der Waals surface area contributed by atoms with E-state index in [9.17, 15) is 0 Å². The van der Waals surface area contributed by atoms with Gasteiger partial charge in [-0.05, 0) is 97.2 Å². The molecule has 5 rings (SSSR count). The number of rotatable bonds is 10. The molecule has 0 spiro atoms. The van der Waals surface area contributed by atoms with Gasteiger partial charge in [0, 0.05) is 48.1 Å². The molecule has 0 unspecified atom stereocenters. The first-order valence-corrected chi connectivity index (χ1v) is 17.9. The molecule has 0 aromatic carbocycles. The zero-order valence-electron chi connectivity index (χ0n) is 31.6. The van der Waals surface area contributed by atoms with Crippen LogP contribution in [0.1, 0.15) is 142 Å². The largest absolute Gasteiger partial charge is 0.357 e. The van der Waals surface area contributed by atoms with Crippen molar-refractivity contribution in [3.63, 3.8) is 0 Å². The van der Waals surface area contributed by atoms with E-state index in [0.717, 1.165) is 53.2 Å². The Kier molecular flexibility index (Phi) is 14.2.